The van der Waals surface area contributed by atoms with Crippen LogP contribution in [-0.2, 0) is 9.84 Å². The maximum Gasteiger partial charge on any atom is 0.315 e. The van der Waals surface area contributed by atoms with E-state index in [2.05, 4.69) is 10.6 Å². The van der Waals surface area contributed by atoms with Crippen molar-refractivity contribution in [1.82, 2.24) is 10.6 Å². The van der Waals surface area contributed by atoms with Gasteiger partial charge in [0, 0.05) is 12.6 Å². The Bertz CT molecular complexity index is 402. The Morgan fingerprint density at radius 2 is 1.89 bits per heavy atom. The Hall–Kier alpha value is -0.780. The Morgan fingerprint density at radius 1 is 1.16 bits per heavy atom. The smallest absolute Gasteiger partial charge is 0.315 e. The molecule has 0 aromatic rings. The molecule has 2 N–H and O–H groups in total. The van der Waals surface area contributed by atoms with E-state index < -0.39 is 9.84 Å². The molecule has 19 heavy (non-hydrogen) atoms. The third kappa shape index (κ3) is 5.01. The van der Waals surface area contributed by atoms with Gasteiger partial charge in [-0.25, -0.2) is 13.2 Å². The number of nitrogens with one attached hydrogen (secondary N) is 2. The van der Waals surface area contributed by atoms with E-state index in [9.17, 15) is 13.2 Å². The number of amides is 2. The average molecular weight is 288 g/mol. The first-order valence-electron chi connectivity index (χ1n) is 7.30. The van der Waals surface area contributed by atoms with E-state index in [0.717, 1.165) is 32.1 Å². The molecular weight excluding hydrogens is 264 g/mol. The molecule has 6 heteroatoms. The Kier molecular flexibility index (Phi) is 5.07. The molecule has 0 aromatic heterocycles. The fourth-order valence-electron chi connectivity index (χ4n) is 3.00. The van der Waals surface area contributed by atoms with Gasteiger partial charge < -0.3 is 10.6 Å². The van der Waals surface area contributed by atoms with Crippen LogP contribution in [0.5, 0.6) is 0 Å². The lowest BCUT2D eigenvalue weighted by atomic mass is 10.0. The van der Waals surface area contributed by atoms with Crippen LogP contribution < -0.4 is 10.6 Å². The van der Waals surface area contributed by atoms with Gasteiger partial charge in [0.15, 0.2) is 9.84 Å². The van der Waals surface area contributed by atoms with E-state index in [0.29, 0.717) is 30.0 Å². The zero-order valence-electron chi connectivity index (χ0n) is 11.4. The van der Waals surface area contributed by atoms with Gasteiger partial charge in [-0.1, -0.05) is 12.8 Å². The maximum atomic E-state index is 11.6. The van der Waals surface area contributed by atoms with E-state index in [1.807, 2.05) is 0 Å². The van der Waals surface area contributed by atoms with E-state index in [-0.39, 0.29) is 6.03 Å². The SMILES string of the molecule is O=C(NCCCC1CCS(=O)(=O)C1)NC1CCCC1. The van der Waals surface area contributed by atoms with Crippen molar-refractivity contribution >= 4 is 15.9 Å². The number of carbonyl (C=O) groups excluding carboxylic acids is 1. The highest BCUT2D eigenvalue weighted by Gasteiger charge is 2.27. The summed E-state index contributed by atoms with van der Waals surface area (Å²) in [5.74, 6) is 0.971. The van der Waals surface area contributed by atoms with E-state index in [1.54, 1.807) is 0 Å². The molecule has 1 saturated heterocycles. The normalized spacial score (nSPS) is 26.4. The molecule has 1 heterocycles. The summed E-state index contributed by atoms with van der Waals surface area (Å²) in [6.07, 6.45) is 7.14. The van der Waals surface area contributed by atoms with Gasteiger partial charge in [-0.3, -0.25) is 0 Å². The largest absolute Gasteiger partial charge is 0.338 e. The molecule has 2 aliphatic rings. The summed E-state index contributed by atoms with van der Waals surface area (Å²) in [4.78, 5) is 11.6. The highest BCUT2D eigenvalue weighted by molar-refractivity contribution is 7.91. The van der Waals surface area contributed by atoms with Gasteiger partial charge in [0.2, 0.25) is 0 Å². The van der Waals surface area contributed by atoms with Crippen LogP contribution in [0.4, 0.5) is 4.79 Å². The fraction of sp³-hybridized carbons (Fsp3) is 0.923. The topological polar surface area (TPSA) is 75.3 Å². The summed E-state index contributed by atoms with van der Waals surface area (Å²) in [6, 6.07) is 0.269. The van der Waals surface area contributed by atoms with Crippen LogP contribution in [0.1, 0.15) is 44.9 Å². The first kappa shape index (κ1) is 14.6. The molecule has 2 rings (SSSR count). The van der Waals surface area contributed by atoms with Crippen LogP contribution in [-0.4, -0.2) is 38.5 Å². The van der Waals surface area contributed by atoms with Crippen molar-refractivity contribution in [2.75, 3.05) is 18.1 Å². The predicted molar refractivity (Wildman–Crippen MR) is 74.8 cm³/mol. The molecule has 5 nitrogen and oxygen atoms in total. The number of hydrogen-bond donors (Lipinski definition) is 2. The van der Waals surface area contributed by atoms with Gasteiger partial charge in [-0.05, 0) is 38.0 Å². The molecule has 1 aliphatic carbocycles. The average Bonchev–Trinajstić information content (AvgIpc) is 2.94. The summed E-state index contributed by atoms with van der Waals surface area (Å²) in [5.41, 5.74) is 0. The van der Waals surface area contributed by atoms with Crippen LogP contribution in [0.3, 0.4) is 0 Å². The van der Waals surface area contributed by atoms with Crippen LogP contribution in [0, 0.1) is 5.92 Å². The summed E-state index contributed by atoms with van der Waals surface area (Å²) >= 11 is 0. The minimum Gasteiger partial charge on any atom is -0.338 e. The second kappa shape index (κ2) is 6.59. The molecule has 110 valence electrons. The number of rotatable bonds is 5. The van der Waals surface area contributed by atoms with Crippen LogP contribution in [0.15, 0.2) is 0 Å². The second-order valence-electron chi connectivity index (χ2n) is 5.79. The zero-order valence-corrected chi connectivity index (χ0v) is 12.2. The first-order chi connectivity index (χ1) is 9.05. The Labute approximate surface area is 115 Å². The van der Waals surface area contributed by atoms with Crippen molar-refractivity contribution in [1.29, 1.82) is 0 Å². The summed E-state index contributed by atoms with van der Waals surface area (Å²) in [6.45, 7) is 0.634. The molecule has 2 fully saturated rings. The molecule has 1 unspecified atom stereocenters. The standard InChI is InChI=1S/C13H24N2O3S/c16-13(15-12-5-1-2-6-12)14-8-3-4-11-7-9-19(17,18)10-11/h11-12H,1-10H2,(H2,14,15,16). The van der Waals surface area contributed by atoms with Crippen molar-refractivity contribution in [2.45, 2.75) is 51.0 Å². The highest BCUT2D eigenvalue weighted by atomic mass is 32.2. The van der Waals surface area contributed by atoms with Crippen molar-refractivity contribution in [3.05, 3.63) is 0 Å². The monoisotopic (exact) mass is 288 g/mol. The Balaban J connectivity index is 1.53. The van der Waals surface area contributed by atoms with Crippen molar-refractivity contribution in [2.24, 2.45) is 5.92 Å². The number of hydrogen-bond acceptors (Lipinski definition) is 3. The van der Waals surface area contributed by atoms with E-state index >= 15 is 0 Å². The molecular formula is C13H24N2O3S. The summed E-state index contributed by atoms with van der Waals surface area (Å²) in [7, 11) is -2.76. The van der Waals surface area contributed by atoms with Crippen LogP contribution in [0.2, 0.25) is 0 Å². The van der Waals surface area contributed by atoms with Gasteiger partial charge in [0.1, 0.15) is 0 Å². The maximum absolute atomic E-state index is 11.6. The summed E-state index contributed by atoms with van der Waals surface area (Å²) in [5, 5.41) is 5.83. The van der Waals surface area contributed by atoms with Crippen molar-refractivity contribution in [3.8, 4) is 0 Å². The molecule has 0 radical (unpaired) electrons. The van der Waals surface area contributed by atoms with Gasteiger partial charge >= 0.3 is 6.03 Å². The molecule has 0 aromatic carbocycles. The third-order valence-corrected chi connectivity index (χ3v) is 5.93. The lowest BCUT2D eigenvalue weighted by Crippen LogP contribution is -2.41. The minimum absolute atomic E-state index is 0.0778. The van der Waals surface area contributed by atoms with E-state index in [4.69, 9.17) is 0 Å². The summed E-state index contributed by atoms with van der Waals surface area (Å²) < 4.78 is 22.6. The molecule has 2 amide bonds. The number of sulfone groups is 1. The zero-order chi connectivity index (χ0) is 13.7. The molecule has 0 spiro atoms. The number of urea groups is 1. The lowest BCUT2D eigenvalue weighted by molar-refractivity contribution is 0.236. The highest BCUT2D eigenvalue weighted by Crippen LogP contribution is 2.22. The van der Waals surface area contributed by atoms with Crippen molar-refractivity contribution < 1.29 is 13.2 Å². The minimum atomic E-state index is -2.76. The fourth-order valence-corrected chi connectivity index (χ4v) is 4.91. The molecule has 1 atom stereocenters. The molecule has 1 aliphatic heterocycles. The molecule has 1 saturated carbocycles. The number of carbonyl (C=O) groups is 1. The first-order valence-corrected chi connectivity index (χ1v) is 9.12. The van der Waals surface area contributed by atoms with E-state index in [1.165, 1.54) is 12.8 Å². The van der Waals surface area contributed by atoms with Crippen LogP contribution >= 0.6 is 0 Å². The van der Waals surface area contributed by atoms with Crippen LogP contribution in [0.25, 0.3) is 0 Å². The van der Waals surface area contributed by atoms with Gasteiger partial charge in [-0.2, -0.15) is 0 Å². The predicted octanol–water partition coefficient (Wildman–Crippen LogP) is 1.44. The Morgan fingerprint density at radius 3 is 2.53 bits per heavy atom. The lowest BCUT2D eigenvalue weighted by Gasteiger charge is -2.13. The quantitative estimate of drug-likeness (QED) is 0.752. The molecule has 0 bridgehead atoms. The second-order valence-corrected chi connectivity index (χ2v) is 8.02. The van der Waals surface area contributed by atoms with Gasteiger partial charge in [-0.15, -0.1) is 0 Å². The van der Waals surface area contributed by atoms with Gasteiger partial charge in [0.05, 0.1) is 11.5 Å². The van der Waals surface area contributed by atoms with Gasteiger partial charge in [0.25, 0.3) is 0 Å². The van der Waals surface area contributed by atoms with Crippen molar-refractivity contribution in [3.63, 3.8) is 0 Å². The third-order valence-electron chi connectivity index (χ3n) is 4.09.